The third-order valence-electron chi connectivity index (χ3n) is 3.00. The van der Waals surface area contributed by atoms with Gasteiger partial charge in [0.1, 0.15) is 6.04 Å². The van der Waals surface area contributed by atoms with Crippen LogP contribution < -0.4 is 5.73 Å². The van der Waals surface area contributed by atoms with Crippen LogP contribution in [0, 0.1) is 3.57 Å². The topological polar surface area (TPSA) is 63.4 Å². The smallest absolute Gasteiger partial charge is 0.255 e. The van der Waals surface area contributed by atoms with E-state index in [1.54, 1.807) is 4.90 Å². The van der Waals surface area contributed by atoms with Gasteiger partial charge in [-0.3, -0.25) is 9.59 Å². The Hall–Kier alpha value is -0.630. The van der Waals surface area contributed by atoms with Gasteiger partial charge in [0.2, 0.25) is 5.91 Å². The van der Waals surface area contributed by atoms with E-state index in [2.05, 4.69) is 38.5 Å². The number of primary amides is 1. The van der Waals surface area contributed by atoms with Crippen LogP contribution in [0.2, 0.25) is 0 Å². The molecule has 1 saturated heterocycles. The molecule has 1 aromatic rings. The molecule has 0 aromatic heterocycles. The predicted octanol–water partition coefficient (Wildman–Crippen LogP) is 2.14. The highest BCUT2D eigenvalue weighted by molar-refractivity contribution is 14.1. The summed E-state index contributed by atoms with van der Waals surface area (Å²) in [5, 5.41) is 0. The van der Waals surface area contributed by atoms with E-state index in [-0.39, 0.29) is 5.91 Å². The first kappa shape index (κ1) is 13.8. The number of hydrogen-bond donors (Lipinski definition) is 1. The van der Waals surface area contributed by atoms with Crippen molar-refractivity contribution in [2.75, 3.05) is 6.54 Å². The van der Waals surface area contributed by atoms with Gasteiger partial charge >= 0.3 is 0 Å². The minimum Gasteiger partial charge on any atom is -0.368 e. The summed E-state index contributed by atoms with van der Waals surface area (Å²) < 4.78 is 1.72. The number of carbonyl (C=O) groups excluding carboxylic acids is 2. The van der Waals surface area contributed by atoms with Crippen molar-refractivity contribution in [2.24, 2.45) is 5.73 Å². The number of likely N-dealkylation sites (tertiary alicyclic amines) is 1. The van der Waals surface area contributed by atoms with E-state index in [1.807, 2.05) is 18.2 Å². The summed E-state index contributed by atoms with van der Waals surface area (Å²) >= 11 is 5.52. The highest BCUT2D eigenvalue weighted by Crippen LogP contribution is 2.25. The average Bonchev–Trinajstić information content (AvgIpc) is 2.80. The number of rotatable bonds is 2. The second kappa shape index (κ2) is 5.56. The molecule has 2 rings (SSSR count). The predicted molar refractivity (Wildman–Crippen MR) is 80.1 cm³/mol. The van der Waals surface area contributed by atoms with Crippen LogP contribution in [-0.4, -0.2) is 29.3 Å². The third kappa shape index (κ3) is 2.69. The Morgan fingerprint density at radius 3 is 2.83 bits per heavy atom. The zero-order valence-corrected chi connectivity index (χ0v) is 13.3. The largest absolute Gasteiger partial charge is 0.368 e. The van der Waals surface area contributed by atoms with Gasteiger partial charge in [-0.2, -0.15) is 0 Å². The lowest BCUT2D eigenvalue weighted by molar-refractivity contribution is -0.121. The van der Waals surface area contributed by atoms with Crippen molar-refractivity contribution < 1.29 is 9.59 Å². The van der Waals surface area contributed by atoms with Gasteiger partial charge in [0, 0.05) is 14.6 Å². The summed E-state index contributed by atoms with van der Waals surface area (Å²) in [4.78, 5) is 25.3. The molecule has 0 bridgehead atoms. The number of nitrogens with two attached hydrogens (primary N) is 1. The zero-order chi connectivity index (χ0) is 13.3. The molecule has 1 fully saturated rings. The highest BCUT2D eigenvalue weighted by atomic mass is 127. The van der Waals surface area contributed by atoms with Crippen molar-refractivity contribution in [3.05, 3.63) is 31.8 Å². The molecule has 96 valence electrons. The summed E-state index contributed by atoms with van der Waals surface area (Å²) in [6, 6.07) is 5.09. The molecule has 2 amide bonds. The molecule has 1 heterocycles. The van der Waals surface area contributed by atoms with Crippen LogP contribution in [0.25, 0.3) is 0 Å². The molecule has 0 aliphatic carbocycles. The van der Waals surface area contributed by atoms with Gasteiger partial charge < -0.3 is 10.6 Å². The SMILES string of the molecule is NC(=O)C1CCCN1C(=O)c1cc(I)ccc1Br. The van der Waals surface area contributed by atoms with E-state index in [9.17, 15) is 9.59 Å². The van der Waals surface area contributed by atoms with Crippen molar-refractivity contribution in [3.63, 3.8) is 0 Å². The normalized spacial score (nSPS) is 19.0. The maximum absolute atomic E-state index is 12.4. The maximum Gasteiger partial charge on any atom is 0.255 e. The summed E-state index contributed by atoms with van der Waals surface area (Å²) in [6.45, 7) is 0.588. The number of carbonyl (C=O) groups is 2. The first-order valence-electron chi connectivity index (χ1n) is 5.56. The molecule has 0 saturated carbocycles. The van der Waals surface area contributed by atoms with Crippen molar-refractivity contribution >= 4 is 50.3 Å². The van der Waals surface area contributed by atoms with Gasteiger partial charge in [0.05, 0.1) is 5.56 Å². The molecule has 18 heavy (non-hydrogen) atoms. The molecule has 0 radical (unpaired) electrons. The fourth-order valence-electron chi connectivity index (χ4n) is 2.12. The minimum atomic E-state index is -0.470. The molecular weight excluding hydrogens is 411 g/mol. The third-order valence-corrected chi connectivity index (χ3v) is 4.36. The van der Waals surface area contributed by atoms with Crippen LogP contribution in [0.5, 0.6) is 0 Å². The van der Waals surface area contributed by atoms with E-state index in [0.717, 1.165) is 14.5 Å². The van der Waals surface area contributed by atoms with Crippen LogP contribution >= 0.6 is 38.5 Å². The van der Waals surface area contributed by atoms with Gasteiger partial charge in [0.25, 0.3) is 5.91 Å². The summed E-state index contributed by atoms with van der Waals surface area (Å²) in [7, 11) is 0. The second-order valence-electron chi connectivity index (χ2n) is 4.18. The standard InChI is InChI=1S/C12H12BrIN2O2/c13-9-4-3-7(14)6-8(9)12(18)16-5-1-2-10(16)11(15)17/h3-4,6,10H,1-2,5H2,(H2,15,17). The molecule has 1 unspecified atom stereocenters. The van der Waals surface area contributed by atoms with Gasteiger partial charge in [-0.25, -0.2) is 0 Å². The van der Waals surface area contributed by atoms with Crippen LogP contribution in [-0.2, 0) is 4.79 Å². The number of benzene rings is 1. The molecule has 2 N–H and O–H groups in total. The molecule has 1 aliphatic rings. The van der Waals surface area contributed by atoms with Crippen molar-refractivity contribution in [2.45, 2.75) is 18.9 Å². The van der Waals surface area contributed by atoms with Crippen LogP contribution in [0.15, 0.2) is 22.7 Å². The first-order chi connectivity index (χ1) is 8.50. The Kier molecular flexibility index (Phi) is 4.26. The molecule has 1 aromatic carbocycles. The highest BCUT2D eigenvalue weighted by Gasteiger charge is 2.33. The van der Waals surface area contributed by atoms with Gasteiger partial charge in [-0.05, 0) is 69.6 Å². The van der Waals surface area contributed by atoms with E-state index in [1.165, 1.54) is 0 Å². The Bertz CT molecular complexity index is 507. The Morgan fingerprint density at radius 2 is 2.17 bits per heavy atom. The summed E-state index contributed by atoms with van der Waals surface area (Å²) in [6.07, 6.45) is 1.48. The molecule has 6 heteroatoms. The van der Waals surface area contributed by atoms with Gasteiger partial charge in [-0.15, -0.1) is 0 Å². The monoisotopic (exact) mass is 422 g/mol. The molecular formula is C12H12BrIN2O2. The minimum absolute atomic E-state index is 0.137. The van der Waals surface area contributed by atoms with Gasteiger partial charge in [-0.1, -0.05) is 0 Å². The zero-order valence-electron chi connectivity index (χ0n) is 9.53. The average molecular weight is 423 g/mol. The first-order valence-corrected chi connectivity index (χ1v) is 7.43. The van der Waals surface area contributed by atoms with E-state index >= 15 is 0 Å². The Balaban J connectivity index is 2.31. The fraction of sp³-hybridized carbons (Fsp3) is 0.333. The van der Waals surface area contributed by atoms with E-state index in [4.69, 9.17) is 5.73 Å². The number of hydrogen-bond acceptors (Lipinski definition) is 2. The molecule has 1 atom stereocenters. The molecule has 0 spiro atoms. The van der Waals surface area contributed by atoms with Crippen LogP contribution in [0.3, 0.4) is 0 Å². The Morgan fingerprint density at radius 1 is 1.44 bits per heavy atom. The maximum atomic E-state index is 12.4. The number of halogens is 2. The number of amides is 2. The second-order valence-corrected chi connectivity index (χ2v) is 6.28. The van der Waals surface area contributed by atoms with Crippen molar-refractivity contribution in [1.82, 2.24) is 4.90 Å². The van der Waals surface area contributed by atoms with Crippen LogP contribution in [0.4, 0.5) is 0 Å². The molecule has 1 aliphatic heterocycles. The lowest BCUT2D eigenvalue weighted by Gasteiger charge is -2.22. The lowest BCUT2D eigenvalue weighted by Crippen LogP contribution is -2.43. The van der Waals surface area contributed by atoms with Crippen molar-refractivity contribution in [1.29, 1.82) is 0 Å². The molecule has 4 nitrogen and oxygen atoms in total. The van der Waals surface area contributed by atoms with Crippen LogP contribution in [0.1, 0.15) is 23.2 Å². The fourth-order valence-corrected chi connectivity index (χ4v) is 3.03. The summed E-state index contributed by atoms with van der Waals surface area (Å²) in [5.41, 5.74) is 5.90. The summed E-state index contributed by atoms with van der Waals surface area (Å²) in [5.74, 6) is -0.565. The quantitative estimate of drug-likeness (QED) is 0.742. The van der Waals surface area contributed by atoms with E-state index in [0.29, 0.717) is 18.5 Å². The lowest BCUT2D eigenvalue weighted by atomic mass is 10.1. The van der Waals surface area contributed by atoms with Gasteiger partial charge in [0.15, 0.2) is 0 Å². The van der Waals surface area contributed by atoms with E-state index < -0.39 is 11.9 Å². The Labute approximate surface area is 127 Å². The van der Waals surface area contributed by atoms with Crippen molar-refractivity contribution in [3.8, 4) is 0 Å². The number of nitrogens with zero attached hydrogens (tertiary/aromatic N) is 1.